The van der Waals surface area contributed by atoms with Gasteiger partial charge in [0.2, 0.25) is 0 Å². The van der Waals surface area contributed by atoms with E-state index in [4.69, 9.17) is 16.3 Å². The smallest absolute Gasteiger partial charge is 0.281 e. The van der Waals surface area contributed by atoms with Crippen molar-refractivity contribution in [1.29, 1.82) is 0 Å². The highest BCUT2D eigenvalue weighted by Gasteiger charge is 2.17. The maximum atomic E-state index is 12.3. The number of thiophene rings is 1. The van der Waals surface area contributed by atoms with Gasteiger partial charge in [-0.05, 0) is 36.8 Å². The van der Waals surface area contributed by atoms with E-state index in [0.29, 0.717) is 27.8 Å². The molecule has 1 aromatic heterocycles. The first-order valence-electron chi connectivity index (χ1n) is 8.10. The molecule has 26 heavy (non-hydrogen) atoms. The quantitative estimate of drug-likeness (QED) is 0.636. The Kier molecular flexibility index (Phi) is 5.75. The van der Waals surface area contributed by atoms with Crippen LogP contribution in [-0.4, -0.2) is 18.4 Å². The van der Waals surface area contributed by atoms with Crippen molar-refractivity contribution < 1.29 is 14.3 Å². The topological polar surface area (TPSA) is 67.4 Å². The summed E-state index contributed by atoms with van der Waals surface area (Å²) in [5.41, 5.74) is 5.22. The van der Waals surface area contributed by atoms with Crippen molar-refractivity contribution in [2.45, 2.75) is 13.3 Å². The van der Waals surface area contributed by atoms with Gasteiger partial charge in [-0.3, -0.25) is 20.4 Å². The minimum Gasteiger partial charge on any atom is -0.494 e. The summed E-state index contributed by atoms with van der Waals surface area (Å²) in [6.07, 6.45) is 0.911. The second kappa shape index (κ2) is 8.21. The zero-order valence-corrected chi connectivity index (χ0v) is 15.6. The van der Waals surface area contributed by atoms with Crippen molar-refractivity contribution in [3.05, 3.63) is 64.0 Å². The van der Waals surface area contributed by atoms with Crippen LogP contribution in [0.15, 0.2) is 48.5 Å². The molecule has 0 aliphatic carbocycles. The highest BCUT2D eigenvalue weighted by atomic mass is 35.5. The Bertz CT molecular complexity index is 938. The van der Waals surface area contributed by atoms with Gasteiger partial charge in [-0.15, -0.1) is 11.3 Å². The lowest BCUT2D eigenvalue weighted by Crippen LogP contribution is -2.41. The summed E-state index contributed by atoms with van der Waals surface area (Å²) in [5, 5.41) is 1.20. The first kappa shape index (κ1) is 18.2. The number of ether oxygens (including phenoxy) is 1. The number of fused-ring (bicyclic) bond motifs is 1. The number of hydrazine groups is 1. The van der Waals surface area contributed by atoms with Crippen molar-refractivity contribution in [1.82, 2.24) is 10.9 Å². The van der Waals surface area contributed by atoms with E-state index in [9.17, 15) is 9.59 Å². The number of halogens is 1. The van der Waals surface area contributed by atoms with Crippen LogP contribution in [0.25, 0.3) is 10.1 Å². The van der Waals surface area contributed by atoms with Crippen LogP contribution in [0.5, 0.6) is 5.75 Å². The fourth-order valence-corrected chi connectivity index (χ4v) is 3.74. The molecule has 3 aromatic rings. The van der Waals surface area contributed by atoms with Crippen LogP contribution in [0.2, 0.25) is 5.02 Å². The fourth-order valence-electron chi connectivity index (χ4n) is 2.32. The van der Waals surface area contributed by atoms with E-state index in [2.05, 4.69) is 10.9 Å². The van der Waals surface area contributed by atoms with E-state index in [1.54, 1.807) is 24.3 Å². The SMILES string of the molecule is CCCOc1ccc(C(=O)NNC(=O)c2sc3ccccc3c2Cl)cc1. The Morgan fingerprint density at radius 1 is 1.04 bits per heavy atom. The van der Waals surface area contributed by atoms with Crippen molar-refractivity contribution in [2.24, 2.45) is 0 Å². The number of rotatable bonds is 5. The molecule has 2 aromatic carbocycles. The maximum Gasteiger partial charge on any atom is 0.281 e. The van der Waals surface area contributed by atoms with Crippen molar-refractivity contribution in [3.8, 4) is 5.75 Å². The number of carbonyl (C=O) groups is 2. The van der Waals surface area contributed by atoms with Crippen LogP contribution in [0.3, 0.4) is 0 Å². The molecule has 3 rings (SSSR count). The molecule has 134 valence electrons. The van der Waals surface area contributed by atoms with Crippen LogP contribution in [0, 0.1) is 0 Å². The molecule has 0 aliphatic heterocycles. The minimum absolute atomic E-state index is 0.358. The fraction of sp³-hybridized carbons (Fsp3) is 0.158. The Morgan fingerprint density at radius 2 is 1.73 bits per heavy atom. The van der Waals surface area contributed by atoms with Gasteiger partial charge in [0, 0.05) is 15.6 Å². The molecule has 0 saturated carbocycles. The van der Waals surface area contributed by atoms with Crippen LogP contribution in [0.1, 0.15) is 33.4 Å². The monoisotopic (exact) mass is 388 g/mol. The minimum atomic E-state index is -0.451. The van der Waals surface area contributed by atoms with Gasteiger partial charge in [-0.25, -0.2) is 0 Å². The summed E-state index contributed by atoms with van der Waals surface area (Å²) >= 11 is 7.54. The molecule has 0 fully saturated rings. The molecular weight excluding hydrogens is 372 g/mol. The van der Waals surface area contributed by atoms with E-state index in [0.717, 1.165) is 16.5 Å². The van der Waals surface area contributed by atoms with E-state index in [-0.39, 0.29) is 0 Å². The van der Waals surface area contributed by atoms with Gasteiger partial charge < -0.3 is 4.74 Å². The molecule has 0 aliphatic rings. The molecule has 0 spiro atoms. The van der Waals surface area contributed by atoms with E-state index in [1.807, 2.05) is 31.2 Å². The van der Waals surface area contributed by atoms with Gasteiger partial charge in [0.05, 0.1) is 11.6 Å². The maximum absolute atomic E-state index is 12.3. The molecule has 0 saturated heterocycles. The Hall–Kier alpha value is -2.57. The predicted octanol–water partition coefficient (Wildman–Crippen LogP) is 4.42. The van der Waals surface area contributed by atoms with Crippen molar-refractivity contribution in [2.75, 3.05) is 6.61 Å². The molecule has 1 heterocycles. The average Bonchev–Trinajstić information content (AvgIpc) is 3.01. The molecule has 0 unspecified atom stereocenters. The highest BCUT2D eigenvalue weighted by molar-refractivity contribution is 7.21. The molecule has 5 nitrogen and oxygen atoms in total. The summed E-state index contributed by atoms with van der Waals surface area (Å²) in [4.78, 5) is 24.8. The van der Waals surface area contributed by atoms with Crippen molar-refractivity contribution in [3.63, 3.8) is 0 Å². The molecule has 0 radical (unpaired) electrons. The third-order valence-electron chi connectivity index (χ3n) is 3.62. The van der Waals surface area contributed by atoms with Gasteiger partial charge in [0.15, 0.2) is 0 Å². The molecular formula is C19H17ClN2O3S. The first-order chi connectivity index (χ1) is 12.6. The van der Waals surface area contributed by atoms with Crippen LogP contribution in [0.4, 0.5) is 0 Å². The first-order valence-corrected chi connectivity index (χ1v) is 9.30. The van der Waals surface area contributed by atoms with E-state index >= 15 is 0 Å². The summed E-state index contributed by atoms with van der Waals surface area (Å²) in [5.74, 6) is -0.172. The normalized spacial score (nSPS) is 10.5. The summed E-state index contributed by atoms with van der Waals surface area (Å²) in [7, 11) is 0. The summed E-state index contributed by atoms with van der Waals surface area (Å²) < 4.78 is 6.39. The third-order valence-corrected chi connectivity index (χ3v) is 5.29. The number of benzene rings is 2. The Morgan fingerprint density at radius 3 is 2.42 bits per heavy atom. The molecule has 2 N–H and O–H groups in total. The van der Waals surface area contributed by atoms with Gasteiger partial charge in [-0.1, -0.05) is 36.7 Å². The number of amides is 2. The lowest BCUT2D eigenvalue weighted by molar-refractivity contribution is 0.0849. The van der Waals surface area contributed by atoms with Gasteiger partial charge in [0.1, 0.15) is 10.6 Å². The van der Waals surface area contributed by atoms with E-state index < -0.39 is 11.8 Å². The lowest BCUT2D eigenvalue weighted by Gasteiger charge is -2.08. The number of hydrogen-bond acceptors (Lipinski definition) is 4. The second-order valence-corrected chi connectivity index (χ2v) is 6.95. The number of nitrogens with one attached hydrogen (secondary N) is 2. The largest absolute Gasteiger partial charge is 0.494 e. The summed E-state index contributed by atoms with van der Waals surface area (Å²) in [6.45, 7) is 2.64. The second-order valence-electron chi connectivity index (χ2n) is 5.52. The van der Waals surface area contributed by atoms with Gasteiger partial charge in [0.25, 0.3) is 11.8 Å². The Balaban J connectivity index is 1.63. The summed E-state index contributed by atoms with van der Waals surface area (Å²) in [6, 6.07) is 14.2. The molecule has 0 bridgehead atoms. The van der Waals surface area contributed by atoms with Crippen LogP contribution in [-0.2, 0) is 0 Å². The Labute approximate surface area is 159 Å². The van der Waals surface area contributed by atoms with Gasteiger partial charge in [-0.2, -0.15) is 0 Å². The van der Waals surface area contributed by atoms with Gasteiger partial charge >= 0.3 is 0 Å². The zero-order chi connectivity index (χ0) is 18.5. The molecule has 2 amide bonds. The average molecular weight is 389 g/mol. The molecule has 0 atom stereocenters. The third kappa shape index (κ3) is 3.98. The van der Waals surface area contributed by atoms with Crippen LogP contribution >= 0.6 is 22.9 Å². The predicted molar refractivity (Wildman–Crippen MR) is 104 cm³/mol. The van der Waals surface area contributed by atoms with Crippen molar-refractivity contribution >= 4 is 44.8 Å². The highest BCUT2D eigenvalue weighted by Crippen LogP contribution is 2.34. The van der Waals surface area contributed by atoms with Crippen LogP contribution < -0.4 is 15.6 Å². The number of hydrogen-bond donors (Lipinski definition) is 2. The molecule has 7 heteroatoms. The standard InChI is InChI=1S/C19H17ClN2O3S/c1-2-11-25-13-9-7-12(8-10-13)18(23)21-22-19(24)17-16(20)14-5-3-4-6-15(14)26-17/h3-10H,2,11H2,1H3,(H,21,23)(H,22,24). The van der Waals surface area contributed by atoms with E-state index in [1.165, 1.54) is 11.3 Å². The zero-order valence-electron chi connectivity index (χ0n) is 14.0. The number of carbonyl (C=O) groups excluding carboxylic acids is 2. The lowest BCUT2D eigenvalue weighted by atomic mass is 10.2.